The summed E-state index contributed by atoms with van der Waals surface area (Å²) in [6.07, 6.45) is 3.98. The summed E-state index contributed by atoms with van der Waals surface area (Å²) in [5.41, 5.74) is 20.0. The lowest BCUT2D eigenvalue weighted by molar-refractivity contribution is 0.977. The van der Waals surface area contributed by atoms with Gasteiger partial charge in [0, 0.05) is 34.1 Å². The van der Waals surface area contributed by atoms with Crippen LogP contribution in [0.25, 0.3) is 76.5 Å². The summed E-state index contributed by atoms with van der Waals surface area (Å²) in [4.78, 5) is 5.04. The lowest BCUT2D eigenvalue weighted by Crippen LogP contribution is -2.12. The number of fused-ring (bicyclic) bond motifs is 8. The van der Waals surface area contributed by atoms with Crippen molar-refractivity contribution in [3.8, 4) is 33.4 Å². The van der Waals surface area contributed by atoms with E-state index >= 15 is 0 Å². The highest BCUT2D eigenvalue weighted by atomic mass is 15.2. The maximum atomic E-state index is 2.52. The average Bonchev–Trinajstić information content (AvgIpc) is 3.70. The van der Waals surface area contributed by atoms with Gasteiger partial charge >= 0.3 is 0 Å². The fourth-order valence-electron chi connectivity index (χ4n) is 11.9. The molecule has 2 heterocycles. The molecule has 12 aromatic carbocycles. The summed E-state index contributed by atoms with van der Waals surface area (Å²) in [7, 11) is 0. The number of hydrogen-bond acceptors (Lipinski definition) is 2. The first-order chi connectivity index (χ1) is 34.7. The van der Waals surface area contributed by atoms with E-state index in [1.807, 2.05) is 0 Å². The molecule has 2 nitrogen and oxygen atoms in total. The molecule has 330 valence electrons. The molecular formula is C68H48N2. The zero-order chi connectivity index (χ0) is 46.1. The Labute approximate surface area is 409 Å². The predicted molar refractivity (Wildman–Crippen MR) is 297 cm³/mol. The Morgan fingerprint density at radius 1 is 0.243 bits per heavy atom. The molecule has 0 atom stereocenters. The van der Waals surface area contributed by atoms with E-state index in [9.17, 15) is 0 Å². The van der Waals surface area contributed by atoms with E-state index in [-0.39, 0.29) is 0 Å². The molecule has 14 rings (SSSR count). The molecule has 0 fully saturated rings. The third-order valence-corrected chi connectivity index (χ3v) is 15.1. The summed E-state index contributed by atoms with van der Waals surface area (Å²) in [6, 6.07) is 91.1. The van der Waals surface area contributed by atoms with E-state index in [2.05, 4.69) is 252 Å². The number of para-hydroxylation sites is 4. The van der Waals surface area contributed by atoms with Crippen LogP contribution in [-0.2, 0) is 25.7 Å². The van der Waals surface area contributed by atoms with Crippen molar-refractivity contribution < 1.29 is 0 Å². The molecule has 0 spiro atoms. The van der Waals surface area contributed by atoms with Crippen LogP contribution in [0.3, 0.4) is 0 Å². The lowest BCUT2D eigenvalue weighted by atomic mass is 9.84. The summed E-state index contributed by atoms with van der Waals surface area (Å²) in [5.74, 6) is 0. The molecule has 0 bridgehead atoms. The van der Waals surface area contributed by atoms with Crippen molar-refractivity contribution in [2.45, 2.75) is 25.7 Å². The Morgan fingerprint density at radius 3 is 1.23 bits per heavy atom. The molecular weight excluding hydrogens is 845 g/mol. The molecule has 70 heavy (non-hydrogen) atoms. The number of nitrogens with zero attached hydrogens (tertiary/aromatic N) is 2. The first-order valence-corrected chi connectivity index (χ1v) is 24.7. The number of hydrogen-bond donors (Lipinski definition) is 0. The first kappa shape index (κ1) is 40.4. The van der Waals surface area contributed by atoms with E-state index < -0.39 is 0 Å². The molecule has 0 unspecified atom stereocenters. The van der Waals surface area contributed by atoms with Crippen LogP contribution in [0.1, 0.15) is 22.3 Å². The van der Waals surface area contributed by atoms with Crippen LogP contribution >= 0.6 is 0 Å². The fourth-order valence-corrected chi connectivity index (χ4v) is 11.9. The molecule has 2 aliphatic rings. The Bertz CT molecular complexity index is 3950. The van der Waals surface area contributed by atoms with Crippen LogP contribution in [0.2, 0.25) is 0 Å². The van der Waals surface area contributed by atoms with E-state index in [0.717, 1.165) is 37.1 Å². The number of rotatable bonds is 5. The molecule has 2 heteroatoms. The van der Waals surface area contributed by atoms with Crippen LogP contribution in [0.4, 0.5) is 34.1 Å². The average molecular weight is 893 g/mol. The van der Waals surface area contributed by atoms with Gasteiger partial charge in [-0.3, -0.25) is 0 Å². The Balaban J connectivity index is 1.10. The van der Waals surface area contributed by atoms with Crippen molar-refractivity contribution in [3.05, 3.63) is 265 Å². The molecule has 0 saturated heterocycles. The molecule has 0 aromatic heterocycles. The smallest absolute Gasteiger partial charge is 0.0493 e. The maximum Gasteiger partial charge on any atom is 0.0493 e. The standard InChI is InChI=1S/C68H48N2/c1-2-21-51-41-54(36-31-45(51)15-1)68-60-40-38-55(69-63-27-9-4-17-47(63)32-33-48-18-5-10-28-64(48)69)43-61(60)67(53-24-13-23-52(42-53)58-26-14-22-46-16-3-8-25-57(46)58)59-39-37-56(44-62(59)68)70-65-29-11-6-19-49(65)34-35-50-20-7-12-30-66(50)70/h1-31,36-44H,32-35H2. The second-order valence-corrected chi connectivity index (χ2v) is 19.1. The SMILES string of the molecule is c1cc(-c2cccc3ccccc23)cc(-c2c3ccc(N4c5ccccc5CCc5ccccc54)cc3c(-c3ccc4ccccc4c3)c3ccc(N4c5ccccc5CCc5ccccc54)cc23)c1. The number of benzene rings is 12. The fraction of sp³-hybridized carbons (Fsp3) is 0.0588. The Hall–Kier alpha value is -8.72. The van der Waals surface area contributed by atoms with E-state index in [1.54, 1.807) is 0 Å². The number of anilines is 6. The van der Waals surface area contributed by atoms with Crippen LogP contribution in [0, 0.1) is 0 Å². The molecule has 0 aliphatic carbocycles. The number of aryl methyl sites for hydroxylation is 4. The predicted octanol–water partition coefficient (Wildman–Crippen LogP) is 18.4. The highest BCUT2D eigenvalue weighted by Crippen LogP contribution is 2.51. The van der Waals surface area contributed by atoms with Gasteiger partial charge in [0.05, 0.1) is 0 Å². The first-order valence-electron chi connectivity index (χ1n) is 24.7. The maximum absolute atomic E-state index is 2.52. The van der Waals surface area contributed by atoms with Crippen LogP contribution in [0.5, 0.6) is 0 Å². The molecule has 2 aliphatic heterocycles. The minimum atomic E-state index is 0.995. The van der Waals surface area contributed by atoms with Gasteiger partial charge in [-0.05, 0) is 185 Å². The van der Waals surface area contributed by atoms with E-state index in [0.29, 0.717) is 0 Å². The van der Waals surface area contributed by atoms with Crippen molar-refractivity contribution in [1.82, 2.24) is 0 Å². The van der Waals surface area contributed by atoms with Gasteiger partial charge in [-0.25, -0.2) is 0 Å². The van der Waals surface area contributed by atoms with Crippen molar-refractivity contribution in [2.75, 3.05) is 9.80 Å². The van der Waals surface area contributed by atoms with E-state index in [1.165, 1.54) is 121 Å². The second kappa shape index (κ2) is 16.5. The third-order valence-electron chi connectivity index (χ3n) is 15.1. The lowest BCUT2D eigenvalue weighted by Gasteiger charge is -2.29. The Kier molecular flexibility index (Phi) is 9.52. The summed E-state index contributed by atoms with van der Waals surface area (Å²) in [5, 5.41) is 9.86. The topological polar surface area (TPSA) is 6.48 Å². The van der Waals surface area contributed by atoms with Gasteiger partial charge in [0.1, 0.15) is 0 Å². The van der Waals surface area contributed by atoms with Crippen LogP contribution in [0.15, 0.2) is 243 Å². The van der Waals surface area contributed by atoms with Gasteiger partial charge in [0.25, 0.3) is 0 Å². The van der Waals surface area contributed by atoms with Crippen molar-refractivity contribution >= 4 is 77.2 Å². The van der Waals surface area contributed by atoms with Gasteiger partial charge in [-0.15, -0.1) is 0 Å². The quantitative estimate of drug-likeness (QED) is 0.159. The minimum Gasteiger partial charge on any atom is -0.310 e. The van der Waals surface area contributed by atoms with Crippen LogP contribution in [-0.4, -0.2) is 0 Å². The highest BCUT2D eigenvalue weighted by molar-refractivity contribution is 6.23. The van der Waals surface area contributed by atoms with Gasteiger partial charge in [0.15, 0.2) is 0 Å². The van der Waals surface area contributed by atoms with Crippen molar-refractivity contribution in [2.24, 2.45) is 0 Å². The Morgan fingerprint density at radius 2 is 0.671 bits per heavy atom. The molecule has 0 N–H and O–H groups in total. The second-order valence-electron chi connectivity index (χ2n) is 19.1. The molecule has 0 radical (unpaired) electrons. The normalized spacial score (nSPS) is 13.1. The zero-order valence-electron chi connectivity index (χ0n) is 38.8. The van der Waals surface area contributed by atoms with Gasteiger partial charge in [-0.1, -0.05) is 182 Å². The summed E-state index contributed by atoms with van der Waals surface area (Å²) >= 11 is 0. The highest BCUT2D eigenvalue weighted by Gasteiger charge is 2.27. The summed E-state index contributed by atoms with van der Waals surface area (Å²) < 4.78 is 0. The van der Waals surface area contributed by atoms with Gasteiger partial charge < -0.3 is 9.80 Å². The zero-order valence-corrected chi connectivity index (χ0v) is 38.8. The monoisotopic (exact) mass is 892 g/mol. The van der Waals surface area contributed by atoms with Gasteiger partial charge in [-0.2, -0.15) is 0 Å². The van der Waals surface area contributed by atoms with Crippen LogP contribution < -0.4 is 9.80 Å². The van der Waals surface area contributed by atoms with Crippen molar-refractivity contribution in [1.29, 1.82) is 0 Å². The molecule has 0 saturated carbocycles. The largest absolute Gasteiger partial charge is 0.310 e. The minimum absolute atomic E-state index is 0.995. The summed E-state index contributed by atoms with van der Waals surface area (Å²) in [6.45, 7) is 0. The van der Waals surface area contributed by atoms with Crippen molar-refractivity contribution in [3.63, 3.8) is 0 Å². The third kappa shape index (κ3) is 6.63. The molecule has 12 aromatic rings. The molecule has 0 amide bonds. The van der Waals surface area contributed by atoms with E-state index in [4.69, 9.17) is 0 Å². The van der Waals surface area contributed by atoms with Gasteiger partial charge in [0.2, 0.25) is 0 Å².